The second-order valence-corrected chi connectivity index (χ2v) is 7.69. The zero-order valence-electron chi connectivity index (χ0n) is 16.8. The number of aromatic nitrogens is 2. The minimum Gasteiger partial charge on any atom is -0.300 e. The molecule has 0 aliphatic heterocycles. The van der Waals surface area contributed by atoms with E-state index < -0.39 is 0 Å². The van der Waals surface area contributed by atoms with E-state index in [-0.39, 0.29) is 11.6 Å². The third kappa shape index (κ3) is 5.22. The van der Waals surface area contributed by atoms with E-state index in [9.17, 15) is 9.59 Å². The Labute approximate surface area is 167 Å². The molecule has 0 fully saturated rings. The molecule has 0 saturated carbocycles. The summed E-state index contributed by atoms with van der Waals surface area (Å²) < 4.78 is 0. The number of nitrogens with zero attached hydrogens (tertiary/aromatic N) is 2. The first-order chi connectivity index (χ1) is 13.5. The number of aryl methyl sites for hydroxylation is 2. The van der Waals surface area contributed by atoms with Crippen LogP contribution in [0.5, 0.6) is 0 Å². The molecule has 4 heteroatoms. The van der Waals surface area contributed by atoms with Gasteiger partial charge in [0.1, 0.15) is 5.78 Å². The fourth-order valence-corrected chi connectivity index (χ4v) is 4.15. The average Bonchev–Trinajstić information content (AvgIpc) is 2.68. The molecule has 0 saturated heterocycles. The predicted molar refractivity (Wildman–Crippen MR) is 111 cm³/mol. The summed E-state index contributed by atoms with van der Waals surface area (Å²) in [5, 5.41) is 0. The minimum atomic E-state index is 0.110. The number of allylic oxidation sites excluding steroid dienone is 2. The first-order valence-corrected chi connectivity index (χ1v) is 10.1. The van der Waals surface area contributed by atoms with Crippen LogP contribution >= 0.6 is 0 Å². The molecule has 1 unspecified atom stereocenters. The van der Waals surface area contributed by atoms with E-state index >= 15 is 0 Å². The van der Waals surface area contributed by atoms with Gasteiger partial charge in [-0.15, -0.1) is 0 Å². The van der Waals surface area contributed by atoms with Crippen LogP contribution in [-0.4, -0.2) is 21.5 Å². The Hall–Kier alpha value is -2.62. The number of Topliss-reactive ketones (excluding diaryl/α,β-unsaturated/α-hetero) is 1. The van der Waals surface area contributed by atoms with Crippen LogP contribution in [-0.2, 0) is 22.4 Å². The fourth-order valence-electron chi connectivity index (χ4n) is 4.15. The Morgan fingerprint density at radius 3 is 2.46 bits per heavy atom. The quantitative estimate of drug-likeness (QED) is 0.717. The maximum Gasteiger partial charge on any atom is 0.152 e. The van der Waals surface area contributed by atoms with Crippen molar-refractivity contribution in [3.8, 4) is 0 Å². The summed E-state index contributed by atoms with van der Waals surface area (Å²) >= 11 is 0. The fraction of sp³-hybridized carbons (Fsp3) is 0.417. The molecule has 2 aromatic rings. The lowest BCUT2D eigenvalue weighted by Gasteiger charge is -2.23. The third-order valence-electron chi connectivity index (χ3n) is 5.31. The molecule has 2 aliphatic rings. The van der Waals surface area contributed by atoms with Crippen molar-refractivity contribution in [3.63, 3.8) is 0 Å². The van der Waals surface area contributed by atoms with Gasteiger partial charge in [-0.05, 0) is 87.3 Å². The van der Waals surface area contributed by atoms with Gasteiger partial charge in [0.15, 0.2) is 5.78 Å². The maximum atomic E-state index is 11.1. The van der Waals surface area contributed by atoms with Crippen molar-refractivity contribution in [2.45, 2.75) is 64.7 Å². The number of hydrogen-bond acceptors (Lipinski definition) is 4. The zero-order valence-corrected chi connectivity index (χ0v) is 16.8. The minimum absolute atomic E-state index is 0.110. The Morgan fingerprint density at radius 1 is 1.00 bits per heavy atom. The number of carbonyl (C=O) groups excluding carboxylic acids is 2. The first-order valence-electron chi connectivity index (χ1n) is 10.1. The van der Waals surface area contributed by atoms with Gasteiger partial charge in [0.25, 0.3) is 0 Å². The summed E-state index contributed by atoms with van der Waals surface area (Å²) in [7, 11) is 0. The van der Waals surface area contributed by atoms with E-state index in [2.05, 4.69) is 22.1 Å². The number of pyridine rings is 2. The summed E-state index contributed by atoms with van der Waals surface area (Å²) in [6.07, 6.45) is 12.6. The van der Waals surface area contributed by atoms with Crippen LogP contribution in [0.3, 0.4) is 0 Å². The molecule has 4 nitrogen and oxygen atoms in total. The highest BCUT2D eigenvalue weighted by Crippen LogP contribution is 2.32. The van der Waals surface area contributed by atoms with E-state index in [1.54, 1.807) is 26.1 Å². The molecule has 28 heavy (non-hydrogen) atoms. The molecule has 0 N–H and O–H groups in total. The molecule has 2 heterocycles. The average molecular weight is 377 g/mol. The Balaban J connectivity index is 0.000000161. The molecule has 1 atom stereocenters. The number of carbonyl (C=O) groups is 2. The largest absolute Gasteiger partial charge is 0.300 e. The molecule has 146 valence electrons. The second kappa shape index (κ2) is 9.54. The van der Waals surface area contributed by atoms with Gasteiger partial charge in [-0.2, -0.15) is 0 Å². The number of fused-ring (bicyclic) bond motifs is 2. The van der Waals surface area contributed by atoms with Crippen molar-refractivity contribution < 1.29 is 9.59 Å². The van der Waals surface area contributed by atoms with Gasteiger partial charge in [-0.3, -0.25) is 14.8 Å². The lowest BCUT2D eigenvalue weighted by molar-refractivity contribution is -0.117. The van der Waals surface area contributed by atoms with Crippen molar-refractivity contribution in [2.24, 2.45) is 0 Å². The number of rotatable bonds is 3. The maximum absolute atomic E-state index is 11.1. The summed E-state index contributed by atoms with van der Waals surface area (Å²) in [6.45, 7) is 3.25. The van der Waals surface area contributed by atoms with Crippen LogP contribution in [0.4, 0.5) is 0 Å². The van der Waals surface area contributed by atoms with Crippen LogP contribution in [0, 0.1) is 0 Å². The topological polar surface area (TPSA) is 59.9 Å². The Bertz CT molecular complexity index is 886. The molecule has 0 radical (unpaired) electrons. The molecular formula is C24H28N2O2. The predicted octanol–water partition coefficient (Wildman–Crippen LogP) is 4.87. The molecule has 0 amide bonds. The highest BCUT2D eigenvalue weighted by atomic mass is 16.1. The molecular weight excluding hydrogens is 348 g/mol. The van der Waals surface area contributed by atoms with Gasteiger partial charge < -0.3 is 4.79 Å². The number of hydrogen-bond donors (Lipinski definition) is 0. The molecule has 0 bridgehead atoms. The SMILES string of the molecule is CC(=O)/C=C1\CCCc2cccnc21.CC(=O)CC1CCCc2cccnc21. The van der Waals surface area contributed by atoms with E-state index in [1.807, 2.05) is 18.3 Å². The monoisotopic (exact) mass is 376 g/mol. The summed E-state index contributed by atoms with van der Waals surface area (Å²) in [4.78, 5) is 30.8. The molecule has 0 aromatic carbocycles. The van der Waals surface area contributed by atoms with E-state index in [0.29, 0.717) is 12.3 Å². The van der Waals surface area contributed by atoms with Gasteiger partial charge >= 0.3 is 0 Å². The van der Waals surface area contributed by atoms with Crippen molar-refractivity contribution in [1.29, 1.82) is 0 Å². The Kier molecular flexibility index (Phi) is 6.85. The standard InChI is InChI=1S/C12H15NO.C12H13NO/c2*1-9(14)8-11-5-2-4-10-6-3-7-13-12(10)11/h3,6-7,11H,2,4-5,8H2,1H3;3,6-8H,2,4-5H2,1H3/b;11-8+. The van der Waals surface area contributed by atoms with Gasteiger partial charge in [0.2, 0.25) is 0 Å². The molecule has 0 spiro atoms. The molecule has 4 rings (SSSR count). The van der Waals surface area contributed by atoms with Gasteiger partial charge in [-0.25, -0.2) is 0 Å². The van der Waals surface area contributed by atoms with E-state index in [0.717, 1.165) is 49.1 Å². The summed E-state index contributed by atoms with van der Waals surface area (Å²) in [6, 6.07) is 8.16. The van der Waals surface area contributed by atoms with Crippen molar-refractivity contribution >= 4 is 17.1 Å². The second-order valence-electron chi connectivity index (χ2n) is 7.69. The highest BCUT2D eigenvalue weighted by molar-refractivity contribution is 5.95. The van der Waals surface area contributed by atoms with Crippen LogP contribution < -0.4 is 0 Å². The normalized spacial score (nSPS) is 19.1. The number of ketones is 2. The molecule has 2 aliphatic carbocycles. The zero-order chi connectivity index (χ0) is 19.9. The van der Waals surface area contributed by atoms with Crippen LogP contribution in [0.1, 0.15) is 74.4 Å². The Morgan fingerprint density at radius 2 is 1.71 bits per heavy atom. The van der Waals surface area contributed by atoms with Crippen molar-refractivity contribution in [2.75, 3.05) is 0 Å². The van der Waals surface area contributed by atoms with Gasteiger partial charge in [-0.1, -0.05) is 12.1 Å². The lowest BCUT2D eigenvalue weighted by atomic mass is 9.84. The summed E-state index contributed by atoms with van der Waals surface area (Å²) in [5.41, 5.74) is 5.89. The third-order valence-corrected chi connectivity index (χ3v) is 5.31. The lowest BCUT2D eigenvalue weighted by Crippen LogP contribution is -2.14. The van der Waals surface area contributed by atoms with Crippen molar-refractivity contribution in [3.05, 3.63) is 65.2 Å². The molecule has 2 aromatic heterocycles. The van der Waals surface area contributed by atoms with Crippen LogP contribution in [0.15, 0.2) is 42.7 Å². The van der Waals surface area contributed by atoms with E-state index in [1.165, 1.54) is 17.5 Å². The smallest absolute Gasteiger partial charge is 0.152 e. The van der Waals surface area contributed by atoms with Crippen LogP contribution in [0.25, 0.3) is 5.57 Å². The van der Waals surface area contributed by atoms with Gasteiger partial charge in [0, 0.05) is 30.4 Å². The van der Waals surface area contributed by atoms with Gasteiger partial charge in [0.05, 0.1) is 5.69 Å². The highest BCUT2D eigenvalue weighted by Gasteiger charge is 2.22. The summed E-state index contributed by atoms with van der Waals surface area (Å²) in [5.74, 6) is 0.754. The van der Waals surface area contributed by atoms with Crippen LogP contribution in [0.2, 0.25) is 0 Å². The van der Waals surface area contributed by atoms with E-state index in [4.69, 9.17) is 0 Å². The van der Waals surface area contributed by atoms with Crippen molar-refractivity contribution in [1.82, 2.24) is 9.97 Å². The first kappa shape index (κ1) is 20.1.